The van der Waals surface area contributed by atoms with E-state index in [0.717, 1.165) is 4.90 Å². The van der Waals surface area contributed by atoms with Crippen LogP contribution in [0.1, 0.15) is 19.3 Å². The molecule has 1 atom stereocenters. The minimum atomic E-state index is -2.22. The Morgan fingerprint density at radius 3 is 2.05 bits per heavy atom. The first kappa shape index (κ1) is 14.5. The van der Waals surface area contributed by atoms with E-state index in [1.807, 2.05) is 0 Å². The van der Waals surface area contributed by atoms with Crippen molar-refractivity contribution in [3.8, 4) is 0 Å². The van der Waals surface area contributed by atoms with Crippen molar-refractivity contribution in [2.24, 2.45) is 0 Å². The molecule has 1 heterocycles. The highest BCUT2D eigenvalue weighted by Crippen LogP contribution is 2.35. The van der Waals surface area contributed by atoms with Gasteiger partial charge in [0.2, 0.25) is 5.82 Å². The Kier molecular flexibility index (Phi) is 3.82. The first-order valence-corrected chi connectivity index (χ1v) is 5.84. The van der Waals surface area contributed by atoms with Gasteiger partial charge < -0.3 is 10.0 Å². The number of carboxylic acids is 1. The molecule has 0 aromatic heterocycles. The van der Waals surface area contributed by atoms with E-state index >= 15 is 0 Å². The van der Waals surface area contributed by atoms with Crippen molar-refractivity contribution in [3.63, 3.8) is 0 Å². The van der Waals surface area contributed by atoms with Crippen LogP contribution >= 0.6 is 0 Å². The molecular formula is C12H10F5NO2. The summed E-state index contributed by atoms with van der Waals surface area (Å²) in [5, 5.41) is 8.71. The number of halogens is 5. The molecule has 2 rings (SSSR count). The Hall–Kier alpha value is -1.86. The van der Waals surface area contributed by atoms with Crippen LogP contribution in [-0.4, -0.2) is 23.7 Å². The standard InChI is InChI=1S/C12H10F5NO2/c13-7-8(14)10(16)12(11(17)9(7)15)18-3-1-2-5(18)4-6(19)20/h5H,1-4H2,(H,19,20). The molecule has 1 unspecified atom stereocenters. The van der Waals surface area contributed by atoms with E-state index in [0.29, 0.717) is 12.8 Å². The molecule has 1 aromatic carbocycles. The molecule has 110 valence electrons. The zero-order chi connectivity index (χ0) is 15.0. The van der Waals surface area contributed by atoms with Crippen molar-refractivity contribution in [3.05, 3.63) is 29.1 Å². The number of carbonyl (C=O) groups is 1. The molecule has 0 saturated carbocycles. The third-order valence-electron chi connectivity index (χ3n) is 3.26. The van der Waals surface area contributed by atoms with Crippen LogP contribution in [0.5, 0.6) is 0 Å². The van der Waals surface area contributed by atoms with Gasteiger partial charge in [0.25, 0.3) is 0 Å². The molecule has 1 aliphatic heterocycles. The maximum atomic E-state index is 13.7. The van der Waals surface area contributed by atoms with Crippen LogP contribution in [0, 0.1) is 29.1 Å². The summed E-state index contributed by atoms with van der Waals surface area (Å²) in [6.45, 7) is 0.0380. The summed E-state index contributed by atoms with van der Waals surface area (Å²) in [6.07, 6.45) is 0.294. The van der Waals surface area contributed by atoms with Crippen molar-refractivity contribution >= 4 is 11.7 Å². The van der Waals surface area contributed by atoms with Gasteiger partial charge >= 0.3 is 5.97 Å². The van der Waals surface area contributed by atoms with Crippen molar-refractivity contribution in [2.45, 2.75) is 25.3 Å². The number of benzene rings is 1. The highest BCUT2D eigenvalue weighted by molar-refractivity contribution is 5.69. The fourth-order valence-electron chi connectivity index (χ4n) is 2.39. The second kappa shape index (κ2) is 5.26. The Balaban J connectivity index is 2.49. The highest BCUT2D eigenvalue weighted by Gasteiger charge is 2.35. The van der Waals surface area contributed by atoms with Crippen LogP contribution in [0.3, 0.4) is 0 Å². The lowest BCUT2D eigenvalue weighted by Gasteiger charge is -2.26. The lowest BCUT2D eigenvalue weighted by atomic mass is 10.1. The van der Waals surface area contributed by atoms with Gasteiger partial charge in [-0.25, -0.2) is 22.0 Å². The molecule has 0 aliphatic carbocycles. The Morgan fingerprint density at radius 2 is 1.55 bits per heavy atom. The molecule has 1 aliphatic rings. The molecular weight excluding hydrogens is 285 g/mol. The van der Waals surface area contributed by atoms with Gasteiger partial charge in [-0.2, -0.15) is 0 Å². The van der Waals surface area contributed by atoms with Crippen LogP contribution in [-0.2, 0) is 4.79 Å². The average molecular weight is 295 g/mol. The maximum absolute atomic E-state index is 13.7. The van der Waals surface area contributed by atoms with Gasteiger partial charge in [0.15, 0.2) is 23.3 Å². The number of rotatable bonds is 3. The first-order valence-electron chi connectivity index (χ1n) is 5.84. The van der Waals surface area contributed by atoms with E-state index in [4.69, 9.17) is 5.11 Å². The van der Waals surface area contributed by atoms with Gasteiger partial charge in [-0.05, 0) is 12.8 Å². The SMILES string of the molecule is O=C(O)CC1CCCN1c1c(F)c(F)c(F)c(F)c1F. The van der Waals surface area contributed by atoms with E-state index in [2.05, 4.69) is 0 Å². The van der Waals surface area contributed by atoms with Crippen molar-refractivity contribution in [1.29, 1.82) is 0 Å². The van der Waals surface area contributed by atoms with E-state index in [1.54, 1.807) is 0 Å². The number of hydrogen-bond acceptors (Lipinski definition) is 2. The number of nitrogens with zero attached hydrogens (tertiary/aromatic N) is 1. The Bertz CT molecular complexity index is 534. The summed E-state index contributed by atoms with van der Waals surface area (Å²) in [7, 11) is 0. The highest BCUT2D eigenvalue weighted by atomic mass is 19.2. The quantitative estimate of drug-likeness (QED) is 0.529. The topological polar surface area (TPSA) is 40.5 Å². The monoisotopic (exact) mass is 295 g/mol. The van der Waals surface area contributed by atoms with Gasteiger partial charge in [0, 0.05) is 12.6 Å². The van der Waals surface area contributed by atoms with Gasteiger partial charge in [-0.3, -0.25) is 4.79 Å². The van der Waals surface area contributed by atoms with E-state index in [-0.39, 0.29) is 6.54 Å². The fourth-order valence-corrected chi connectivity index (χ4v) is 2.39. The Morgan fingerprint density at radius 1 is 1.05 bits per heavy atom. The predicted molar refractivity (Wildman–Crippen MR) is 58.9 cm³/mol. The second-order valence-corrected chi connectivity index (χ2v) is 4.51. The molecule has 1 aromatic rings. The van der Waals surface area contributed by atoms with E-state index < -0.39 is 53.2 Å². The third kappa shape index (κ3) is 2.30. The number of aliphatic carboxylic acids is 1. The molecule has 8 heteroatoms. The zero-order valence-corrected chi connectivity index (χ0v) is 10.1. The summed E-state index contributed by atoms with van der Waals surface area (Å²) in [5.41, 5.74) is -1.05. The van der Waals surface area contributed by atoms with E-state index in [1.165, 1.54) is 0 Å². The molecule has 1 N–H and O–H groups in total. The molecule has 0 spiro atoms. The van der Waals surface area contributed by atoms with Gasteiger partial charge in [0.1, 0.15) is 5.69 Å². The van der Waals surface area contributed by atoms with Crippen LogP contribution in [0.4, 0.5) is 27.6 Å². The van der Waals surface area contributed by atoms with Crippen molar-refractivity contribution < 1.29 is 31.9 Å². The van der Waals surface area contributed by atoms with Gasteiger partial charge in [-0.1, -0.05) is 0 Å². The molecule has 1 fully saturated rings. The summed E-state index contributed by atoms with van der Waals surface area (Å²) in [6, 6.07) is -0.791. The number of carboxylic acid groups (broad SMARTS) is 1. The Labute approximate surface area is 110 Å². The average Bonchev–Trinajstić information content (AvgIpc) is 2.82. The lowest BCUT2D eigenvalue weighted by Crippen LogP contribution is -2.33. The van der Waals surface area contributed by atoms with Gasteiger partial charge in [-0.15, -0.1) is 0 Å². The lowest BCUT2D eigenvalue weighted by molar-refractivity contribution is -0.137. The molecule has 3 nitrogen and oxygen atoms in total. The maximum Gasteiger partial charge on any atom is 0.305 e. The predicted octanol–water partition coefficient (Wildman–Crippen LogP) is 2.83. The third-order valence-corrected chi connectivity index (χ3v) is 3.26. The minimum Gasteiger partial charge on any atom is -0.481 e. The van der Waals surface area contributed by atoms with Crippen molar-refractivity contribution in [2.75, 3.05) is 11.4 Å². The van der Waals surface area contributed by atoms with Crippen LogP contribution < -0.4 is 4.90 Å². The minimum absolute atomic E-state index is 0.0380. The molecule has 0 amide bonds. The summed E-state index contributed by atoms with van der Waals surface area (Å²) < 4.78 is 66.5. The van der Waals surface area contributed by atoms with Gasteiger partial charge in [0.05, 0.1) is 6.42 Å². The van der Waals surface area contributed by atoms with E-state index in [9.17, 15) is 26.7 Å². The van der Waals surface area contributed by atoms with Crippen LogP contribution in [0.15, 0.2) is 0 Å². The summed E-state index contributed by atoms with van der Waals surface area (Å²) in [4.78, 5) is 11.6. The second-order valence-electron chi connectivity index (χ2n) is 4.51. The number of anilines is 1. The summed E-state index contributed by atoms with van der Waals surface area (Å²) in [5.74, 6) is -11.3. The molecule has 20 heavy (non-hydrogen) atoms. The zero-order valence-electron chi connectivity index (χ0n) is 10.1. The summed E-state index contributed by atoms with van der Waals surface area (Å²) >= 11 is 0. The largest absolute Gasteiger partial charge is 0.481 e. The van der Waals surface area contributed by atoms with Crippen LogP contribution in [0.25, 0.3) is 0 Å². The molecule has 1 saturated heterocycles. The first-order chi connectivity index (χ1) is 9.34. The number of hydrogen-bond donors (Lipinski definition) is 1. The smallest absolute Gasteiger partial charge is 0.305 e. The normalized spacial score (nSPS) is 18.6. The van der Waals surface area contributed by atoms with Crippen molar-refractivity contribution in [1.82, 2.24) is 0 Å². The fraction of sp³-hybridized carbons (Fsp3) is 0.417. The molecule has 0 radical (unpaired) electrons. The molecule has 0 bridgehead atoms. The van der Waals surface area contributed by atoms with Crippen LogP contribution in [0.2, 0.25) is 0 Å².